The second kappa shape index (κ2) is 9.26. The van der Waals surface area contributed by atoms with Crippen LogP contribution in [0.1, 0.15) is 49.9 Å². The lowest BCUT2D eigenvalue weighted by molar-refractivity contribution is -0.130. The number of amides is 1. The summed E-state index contributed by atoms with van der Waals surface area (Å²) >= 11 is 0. The van der Waals surface area contributed by atoms with Gasteiger partial charge in [0.05, 0.1) is 36.6 Å². The van der Waals surface area contributed by atoms with E-state index >= 15 is 0 Å². The first kappa shape index (κ1) is 23.2. The summed E-state index contributed by atoms with van der Waals surface area (Å²) in [5, 5.41) is 4.31. The van der Waals surface area contributed by atoms with E-state index in [1.807, 2.05) is 18.5 Å². The lowest BCUT2D eigenvalue weighted by atomic mass is 9.95. The Labute approximate surface area is 204 Å². The van der Waals surface area contributed by atoms with Gasteiger partial charge in [-0.3, -0.25) is 9.69 Å². The minimum absolute atomic E-state index is 0.142. The first-order chi connectivity index (χ1) is 16.9. The normalized spacial score (nSPS) is 15.4. The minimum atomic E-state index is 0.142. The number of fused-ring (bicyclic) bond motifs is 2. The van der Waals surface area contributed by atoms with E-state index in [9.17, 15) is 4.79 Å². The molecule has 0 unspecified atom stereocenters. The molecule has 5 rings (SSSR count). The van der Waals surface area contributed by atoms with E-state index in [-0.39, 0.29) is 17.7 Å². The molecule has 1 aliphatic heterocycles. The number of aromatic amines is 1. The molecule has 35 heavy (non-hydrogen) atoms. The predicted molar refractivity (Wildman–Crippen MR) is 134 cm³/mol. The zero-order valence-electron chi connectivity index (χ0n) is 20.9. The van der Waals surface area contributed by atoms with E-state index in [0.29, 0.717) is 17.9 Å². The Hall–Kier alpha value is -3.53. The molecule has 1 saturated heterocycles. The summed E-state index contributed by atoms with van der Waals surface area (Å²) in [5.74, 6) is 2.23. The Morgan fingerprint density at radius 3 is 2.71 bits per heavy atom. The highest BCUT2D eigenvalue weighted by molar-refractivity contribution is 5.88. The van der Waals surface area contributed by atoms with Gasteiger partial charge < -0.3 is 14.6 Å². The van der Waals surface area contributed by atoms with E-state index in [4.69, 9.17) is 14.7 Å². The molecule has 10 nitrogen and oxygen atoms in total. The molecule has 1 amide bonds. The molecule has 0 bridgehead atoms. The van der Waals surface area contributed by atoms with Crippen molar-refractivity contribution in [3.63, 3.8) is 0 Å². The van der Waals surface area contributed by atoms with Gasteiger partial charge in [-0.1, -0.05) is 13.8 Å². The molecule has 0 spiro atoms. The summed E-state index contributed by atoms with van der Waals surface area (Å²) in [5.41, 5.74) is 5.66. The zero-order chi connectivity index (χ0) is 24.7. The van der Waals surface area contributed by atoms with Crippen molar-refractivity contribution in [2.75, 3.05) is 40.8 Å². The first-order valence-electron chi connectivity index (χ1n) is 12.0. The monoisotopic (exact) mass is 476 g/mol. The van der Waals surface area contributed by atoms with Crippen molar-refractivity contribution in [3.8, 4) is 17.0 Å². The van der Waals surface area contributed by atoms with E-state index in [2.05, 4.69) is 33.8 Å². The van der Waals surface area contributed by atoms with E-state index in [0.717, 1.165) is 59.6 Å². The van der Waals surface area contributed by atoms with Crippen molar-refractivity contribution < 1.29 is 9.53 Å². The predicted octanol–water partition coefficient (Wildman–Crippen LogP) is 3.07. The van der Waals surface area contributed by atoms with Crippen LogP contribution in [0.3, 0.4) is 0 Å². The Balaban J connectivity index is 1.47. The summed E-state index contributed by atoms with van der Waals surface area (Å²) in [7, 11) is 5.24. The highest BCUT2D eigenvalue weighted by atomic mass is 16.5. The molecule has 0 aromatic carbocycles. The van der Waals surface area contributed by atoms with E-state index in [1.165, 1.54) is 6.33 Å². The number of likely N-dealkylation sites (tertiary alicyclic amines) is 1. The van der Waals surface area contributed by atoms with Crippen molar-refractivity contribution in [2.45, 2.75) is 38.5 Å². The van der Waals surface area contributed by atoms with Crippen LogP contribution >= 0.6 is 0 Å². The quantitative estimate of drug-likeness (QED) is 0.456. The zero-order valence-corrected chi connectivity index (χ0v) is 20.9. The minimum Gasteiger partial charge on any atom is -0.493 e. The van der Waals surface area contributed by atoms with Crippen LogP contribution in [-0.4, -0.2) is 86.1 Å². The molecule has 10 heteroatoms. The number of hydrogen-bond acceptors (Lipinski definition) is 7. The molecule has 1 fully saturated rings. The fraction of sp³-hybridized carbons (Fsp3) is 0.480. The number of nitrogens with one attached hydrogen (secondary N) is 1. The number of rotatable bonds is 6. The van der Waals surface area contributed by atoms with Crippen LogP contribution in [-0.2, 0) is 4.79 Å². The summed E-state index contributed by atoms with van der Waals surface area (Å²) in [4.78, 5) is 33.6. The lowest BCUT2D eigenvalue weighted by Gasteiger charge is -2.31. The summed E-state index contributed by atoms with van der Waals surface area (Å²) < 4.78 is 7.31. The van der Waals surface area contributed by atoms with Crippen LogP contribution in [0.25, 0.3) is 27.9 Å². The van der Waals surface area contributed by atoms with Gasteiger partial charge in [-0.15, -0.1) is 0 Å². The van der Waals surface area contributed by atoms with Crippen LogP contribution < -0.4 is 4.74 Å². The number of hydrogen-bond donors (Lipinski definition) is 1. The number of carbonyl (C=O) groups excluding carboxylic acids is 1. The number of aromatic nitrogens is 6. The van der Waals surface area contributed by atoms with Gasteiger partial charge in [0.1, 0.15) is 12.2 Å². The van der Waals surface area contributed by atoms with Crippen molar-refractivity contribution in [1.82, 2.24) is 39.3 Å². The first-order valence-corrected chi connectivity index (χ1v) is 12.0. The number of nitrogens with zero attached hydrogens (tertiary/aromatic N) is 7. The molecule has 0 atom stereocenters. The molecule has 0 aliphatic carbocycles. The number of likely N-dealkylation sites (N-methyl/N-ethyl adjacent to an activating group) is 1. The van der Waals surface area contributed by atoms with Crippen LogP contribution in [0, 0.1) is 0 Å². The van der Waals surface area contributed by atoms with Gasteiger partial charge in [0.2, 0.25) is 5.91 Å². The van der Waals surface area contributed by atoms with Gasteiger partial charge in [-0.2, -0.15) is 5.10 Å². The fourth-order valence-electron chi connectivity index (χ4n) is 4.86. The standard InChI is InChI=1S/C25H32N8O2/c1-15(2)21-22(17-10-19(35-5)25-27-14-28-33(25)12-17)29-18-11-26-24(30-23(18)21)16-6-8-32(9-7-16)13-20(34)31(3)4/h10-12,14-16,29H,6-9,13H2,1-5H3. The van der Waals surface area contributed by atoms with E-state index < -0.39 is 0 Å². The number of H-pyrrole nitrogens is 1. The number of pyridine rings is 1. The molecule has 1 aliphatic rings. The molecule has 5 heterocycles. The summed E-state index contributed by atoms with van der Waals surface area (Å²) in [6.45, 7) is 6.58. The van der Waals surface area contributed by atoms with Crippen molar-refractivity contribution >= 4 is 22.6 Å². The average Bonchev–Trinajstić information content (AvgIpc) is 3.48. The number of piperidine rings is 1. The molecule has 184 valence electrons. The Kier molecular flexibility index (Phi) is 6.14. The second-order valence-electron chi connectivity index (χ2n) is 9.72. The van der Waals surface area contributed by atoms with Crippen LogP contribution in [0.15, 0.2) is 24.8 Å². The van der Waals surface area contributed by atoms with Gasteiger partial charge in [0, 0.05) is 37.3 Å². The lowest BCUT2D eigenvalue weighted by Crippen LogP contribution is -2.40. The molecule has 4 aromatic rings. The Morgan fingerprint density at radius 1 is 1.26 bits per heavy atom. The summed E-state index contributed by atoms with van der Waals surface area (Å²) in [6, 6.07) is 1.99. The fourth-order valence-corrected chi connectivity index (χ4v) is 4.86. The van der Waals surface area contributed by atoms with Crippen molar-refractivity contribution in [2.24, 2.45) is 0 Å². The van der Waals surface area contributed by atoms with E-state index in [1.54, 1.807) is 30.6 Å². The van der Waals surface area contributed by atoms with Crippen LogP contribution in [0.2, 0.25) is 0 Å². The van der Waals surface area contributed by atoms with Gasteiger partial charge in [-0.25, -0.2) is 19.5 Å². The third kappa shape index (κ3) is 4.34. The van der Waals surface area contributed by atoms with Gasteiger partial charge in [0.15, 0.2) is 11.4 Å². The molecular formula is C25H32N8O2. The third-order valence-electron chi connectivity index (χ3n) is 6.83. The SMILES string of the molecule is COc1cc(-c2[nH]c3cnc(C4CCN(CC(=O)N(C)C)CC4)nc3c2C(C)C)cn2ncnc12. The maximum Gasteiger partial charge on any atom is 0.236 e. The summed E-state index contributed by atoms with van der Waals surface area (Å²) in [6.07, 6.45) is 7.28. The molecule has 0 saturated carbocycles. The van der Waals surface area contributed by atoms with Crippen molar-refractivity contribution in [1.29, 1.82) is 0 Å². The van der Waals surface area contributed by atoms with Gasteiger partial charge in [0.25, 0.3) is 0 Å². The highest BCUT2D eigenvalue weighted by Crippen LogP contribution is 2.37. The highest BCUT2D eigenvalue weighted by Gasteiger charge is 2.26. The molecule has 0 radical (unpaired) electrons. The average molecular weight is 477 g/mol. The largest absolute Gasteiger partial charge is 0.493 e. The van der Waals surface area contributed by atoms with Crippen LogP contribution in [0.5, 0.6) is 5.75 Å². The topological polar surface area (TPSA) is 105 Å². The van der Waals surface area contributed by atoms with Crippen molar-refractivity contribution in [3.05, 3.63) is 36.2 Å². The Bertz CT molecular complexity index is 1360. The third-order valence-corrected chi connectivity index (χ3v) is 6.83. The molecular weight excluding hydrogens is 444 g/mol. The molecule has 4 aromatic heterocycles. The number of carbonyl (C=O) groups is 1. The molecule has 1 N–H and O–H groups in total. The second-order valence-corrected chi connectivity index (χ2v) is 9.72. The maximum atomic E-state index is 12.1. The van der Waals surface area contributed by atoms with Gasteiger partial charge in [-0.05, 0) is 37.9 Å². The number of ether oxygens (including phenoxy) is 1. The van der Waals surface area contributed by atoms with Crippen LogP contribution in [0.4, 0.5) is 0 Å². The maximum absolute atomic E-state index is 12.1. The smallest absolute Gasteiger partial charge is 0.236 e. The van der Waals surface area contributed by atoms with Gasteiger partial charge >= 0.3 is 0 Å². The Morgan fingerprint density at radius 2 is 2.03 bits per heavy atom. The number of methoxy groups -OCH3 is 1.